The SMILES string of the molecule is NCC1CCCc2ccc(C(=O)Nc3nc4cc(F)c(F)cc4[nH]3)cc21. The Morgan fingerprint density at radius 2 is 2.08 bits per heavy atom. The molecule has 4 N–H and O–H groups in total. The maximum Gasteiger partial charge on any atom is 0.257 e. The number of hydrogen-bond donors (Lipinski definition) is 3. The van der Waals surface area contributed by atoms with E-state index in [1.54, 1.807) is 6.07 Å². The molecule has 0 saturated carbocycles. The standard InChI is InChI=1S/C19H18F2N4O/c20-14-7-16-17(8-15(14)21)24-19(23-16)25-18(26)11-5-4-10-2-1-3-12(9-22)13(10)6-11/h4-8,12H,1-3,9,22H2,(H2,23,24,25,26). The fraction of sp³-hybridized carbons (Fsp3) is 0.263. The van der Waals surface area contributed by atoms with Gasteiger partial charge in [0.05, 0.1) is 11.0 Å². The minimum absolute atomic E-state index is 0.142. The second-order valence-electron chi connectivity index (χ2n) is 6.56. The average Bonchev–Trinajstić information content (AvgIpc) is 3.01. The normalized spacial score (nSPS) is 16.5. The molecule has 5 nitrogen and oxygen atoms in total. The van der Waals surface area contributed by atoms with Crippen molar-refractivity contribution >= 4 is 22.9 Å². The van der Waals surface area contributed by atoms with E-state index in [4.69, 9.17) is 5.73 Å². The Kier molecular flexibility index (Phi) is 4.16. The van der Waals surface area contributed by atoms with Crippen molar-refractivity contribution in [2.24, 2.45) is 5.73 Å². The summed E-state index contributed by atoms with van der Waals surface area (Å²) in [4.78, 5) is 19.4. The largest absolute Gasteiger partial charge is 0.330 e. The number of carbonyl (C=O) groups is 1. The van der Waals surface area contributed by atoms with Crippen LogP contribution in [0.15, 0.2) is 30.3 Å². The highest BCUT2D eigenvalue weighted by Gasteiger charge is 2.21. The number of rotatable bonds is 3. The molecule has 1 atom stereocenters. The Labute approximate surface area is 148 Å². The van der Waals surface area contributed by atoms with Gasteiger partial charge in [0, 0.05) is 17.7 Å². The van der Waals surface area contributed by atoms with Crippen LogP contribution in [0.4, 0.5) is 14.7 Å². The number of aryl methyl sites for hydroxylation is 1. The first kappa shape index (κ1) is 16.7. The van der Waals surface area contributed by atoms with Crippen LogP contribution in [0.3, 0.4) is 0 Å². The lowest BCUT2D eigenvalue weighted by Crippen LogP contribution is -2.20. The fourth-order valence-corrected chi connectivity index (χ4v) is 3.53. The van der Waals surface area contributed by atoms with E-state index >= 15 is 0 Å². The fourth-order valence-electron chi connectivity index (χ4n) is 3.53. The zero-order valence-corrected chi connectivity index (χ0v) is 14.0. The number of H-pyrrole nitrogens is 1. The predicted molar refractivity (Wildman–Crippen MR) is 95.1 cm³/mol. The van der Waals surface area contributed by atoms with Crippen LogP contribution in [0.25, 0.3) is 11.0 Å². The topological polar surface area (TPSA) is 83.8 Å². The highest BCUT2D eigenvalue weighted by atomic mass is 19.2. The van der Waals surface area contributed by atoms with Gasteiger partial charge in [0.1, 0.15) is 0 Å². The Balaban J connectivity index is 1.60. The first-order valence-electron chi connectivity index (χ1n) is 8.54. The van der Waals surface area contributed by atoms with E-state index in [0.29, 0.717) is 17.6 Å². The molecule has 1 aromatic heterocycles. The number of aromatic nitrogens is 2. The summed E-state index contributed by atoms with van der Waals surface area (Å²) in [5.74, 6) is -1.88. The van der Waals surface area contributed by atoms with Crippen molar-refractivity contribution in [2.75, 3.05) is 11.9 Å². The smallest absolute Gasteiger partial charge is 0.257 e. The molecule has 0 fully saturated rings. The second-order valence-corrected chi connectivity index (χ2v) is 6.56. The molecule has 1 aliphatic rings. The van der Waals surface area contributed by atoms with Crippen LogP contribution in [0.5, 0.6) is 0 Å². The molecule has 0 spiro atoms. The molecule has 0 saturated heterocycles. The molecular formula is C19H18F2N4O. The summed E-state index contributed by atoms with van der Waals surface area (Å²) in [7, 11) is 0. The predicted octanol–water partition coefficient (Wildman–Crippen LogP) is 3.47. The lowest BCUT2D eigenvalue weighted by molar-refractivity contribution is 0.102. The van der Waals surface area contributed by atoms with Crippen molar-refractivity contribution in [2.45, 2.75) is 25.2 Å². The van der Waals surface area contributed by atoms with Crippen LogP contribution < -0.4 is 11.1 Å². The average molecular weight is 356 g/mol. The zero-order valence-electron chi connectivity index (χ0n) is 14.0. The molecule has 0 radical (unpaired) electrons. The molecule has 4 rings (SSSR count). The van der Waals surface area contributed by atoms with E-state index in [9.17, 15) is 13.6 Å². The van der Waals surface area contributed by atoms with Gasteiger partial charge in [-0.3, -0.25) is 10.1 Å². The monoisotopic (exact) mass is 356 g/mol. The molecule has 2 aromatic carbocycles. The van der Waals surface area contributed by atoms with E-state index in [1.807, 2.05) is 12.1 Å². The van der Waals surface area contributed by atoms with Crippen molar-refractivity contribution in [3.05, 3.63) is 58.7 Å². The van der Waals surface area contributed by atoms with Crippen LogP contribution >= 0.6 is 0 Å². The maximum absolute atomic E-state index is 13.3. The first-order valence-corrected chi connectivity index (χ1v) is 8.54. The van der Waals surface area contributed by atoms with Crippen molar-refractivity contribution in [3.8, 4) is 0 Å². The Bertz CT molecular complexity index is 960. The number of aromatic amines is 1. The van der Waals surface area contributed by atoms with E-state index in [1.165, 1.54) is 5.56 Å². The van der Waals surface area contributed by atoms with Crippen LogP contribution in [0.1, 0.15) is 40.2 Å². The number of amides is 1. The summed E-state index contributed by atoms with van der Waals surface area (Å²) in [6.07, 6.45) is 3.12. The third-order valence-corrected chi connectivity index (χ3v) is 4.89. The van der Waals surface area contributed by atoms with Gasteiger partial charge in [-0.25, -0.2) is 13.8 Å². The molecule has 134 valence electrons. The molecule has 7 heteroatoms. The van der Waals surface area contributed by atoms with Gasteiger partial charge in [0.25, 0.3) is 5.91 Å². The molecule has 1 heterocycles. The van der Waals surface area contributed by atoms with E-state index < -0.39 is 11.6 Å². The molecule has 3 aromatic rings. The van der Waals surface area contributed by atoms with Crippen LogP contribution in [0.2, 0.25) is 0 Å². The Morgan fingerprint density at radius 3 is 2.88 bits per heavy atom. The Hall–Kier alpha value is -2.80. The van der Waals surface area contributed by atoms with Gasteiger partial charge in [-0.2, -0.15) is 0 Å². The summed E-state index contributed by atoms with van der Waals surface area (Å²) in [6.45, 7) is 0.554. The minimum Gasteiger partial charge on any atom is -0.330 e. The van der Waals surface area contributed by atoms with E-state index in [2.05, 4.69) is 15.3 Å². The number of nitrogens with one attached hydrogen (secondary N) is 2. The van der Waals surface area contributed by atoms with Crippen LogP contribution in [-0.2, 0) is 6.42 Å². The zero-order chi connectivity index (χ0) is 18.3. The molecular weight excluding hydrogens is 338 g/mol. The quantitative estimate of drug-likeness (QED) is 0.672. The van der Waals surface area contributed by atoms with Crippen molar-refractivity contribution < 1.29 is 13.6 Å². The van der Waals surface area contributed by atoms with E-state index in [-0.39, 0.29) is 23.3 Å². The molecule has 1 amide bonds. The second kappa shape index (κ2) is 6.49. The number of halogens is 2. The van der Waals surface area contributed by atoms with Gasteiger partial charge in [0.15, 0.2) is 11.6 Å². The third-order valence-electron chi connectivity index (χ3n) is 4.89. The summed E-state index contributed by atoms with van der Waals surface area (Å²) < 4.78 is 26.6. The number of hydrogen-bond acceptors (Lipinski definition) is 3. The number of benzene rings is 2. The van der Waals surface area contributed by atoms with Crippen LogP contribution in [0, 0.1) is 11.6 Å². The highest BCUT2D eigenvalue weighted by Crippen LogP contribution is 2.31. The molecule has 1 aliphatic carbocycles. The first-order chi connectivity index (χ1) is 12.5. The summed E-state index contributed by atoms with van der Waals surface area (Å²) in [5, 5.41) is 2.64. The van der Waals surface area contributed by atoms with Crippen molar-refractivity contribution in [1.29, 1.82) is 0 Å². The third kappa shape index (κ3) is 2.94. The summed E-state index contributed by atoms with van der Waals surface area (Å²) >= 11 is 0. The van der Waals surface area contributed by atoms with Crippen molar-refractivity contribution in [1.82, 2.24) is 9.97 Å². The summed E-state index contributed by atoms with van der Waals surface area (Å²) in [5.41, 5.74) is 9.28. The lowest BCUT2D eigenvalue weighted by Gasteiger charge is -2.24. The number of nitrogens with two attached hydrogens (primary N) is 1. The molecule has 0 aliphatic heterocycles. The maximum atomic E-state index is 13.3. The number of fused-ring (bicyclic) bond motifs is 2. The Morgan fingerprint density at radius 1 is 1.27 bits per heavy atom. The van der Waals surface area contributed by atoms with Gasteiger partial charge in [-0.05, 0) is 55.0 Å². The molecule has 26 heavy (non-hydrogen) atoms. The number of nitrogens with zero attached hydrogens (tertiary/aromatic N) is 1. The molecule has 1 unspecified atom stereocenters. The van der Waals surface area contributed by atoms with Gasteiger partial charge in [-0.15, -0.1) is 0 Å². The van der Waals surface area contributed by atoms with E-state index in [0.717, 1.165) is 37.0 Å². The van der Waals surface area contributed by atoms with Gasteiger partial charge >= 0.3 is 0 Å². The van der Waals surface area contributed by atoms with Gasteiger partial charge in [-0.1, -0.05) is 6.07 Å². The van der Waals surface area contributed by atoms with Crippen molar-refractivity contribution in [3.63, 3.8) is 0 Å². The summed E-state index contributed by atoms with van der Waals surface area (Å²) in [6, 6.07) is 7.62. The minimum atomic E-state index is -0.982. The highest BCUT2D eigenvalue weighted by molar-refractivity contribution is 6.04. The van der Waals surface area contributed by atoms with Gasteiger partial charge < -0.3 is 10.7 Å². The van der Waals surface area contributed by atoms with Gasteiger partial charge in [0.2, 0.25) is 5.95 Å². The van der Waals surface area contributed by atoms with Crippen LogP contribution in [-0.4, -0.2) is 22.4 Å². The number of carbonyl (C=O) groups excluding carboxylic acids is 1. The molecule has 0 bridgehead atoms. The number of anilines is 1. The lowest BCUT2D eigenvalue weighted by atomic mass is 9.82. The number of imidazole rings is 1.